The molecule has 0 unspecified atom stereocenters. The second-order valence-electron chi connectivity index (χ2n) is 4.83. The first-order valence-electron chi connectivity index (χ1n) is 6.94. The Morgan fingerprint density at radius 2 is 1.96 bits per heavy atom. The Hall–Kier alpha value is -2.25. The molecule has 1 aromatic carbocycles. The molecule has 2 heterocycles. The molecular weight excluding hydrogens is 350 g/mol. The highest BCUT2D eigenvalue weighted by Gasteiger charge is 2.17. The molecule has 6 nitrogen and oxygen atoms in total. The SMILES string of the molecule is COc1cc(OC)c(Cl)c(-c2nc(SC)nc3[nH]c(=O)ccc23)c1. The number of aromatic amines is 1. The van der Waals surface area contributed by atoms with Gasteiger partial charge in [-0.15, -0.1) is 0 Å². The summed E-state index contributed by atoms with van der Waals surface area (Å²) < 4.78 is 10.6. The highest BCUT2D eigenvalue weighted by atomic mass is 35.5. The molecule has 0 fully saturated rings. The number of hydrogen-bond acceptors (Lipinski definition) is 6. The molecule has 124 valence electrons. The lowest BCUT2D eigenvalue weighted by Crippen LogP contribution is -2.06. The molecule has 0 saturated heterocycles. The van der Waals surface area contributed by atoms with Crippen LogP contribution in [0.3, 0.4) is 0 Å². The minimum atomic E-state index is -0.228. The molecule has 3 rings (SSSR count). The second-order valence-corrected chi connectivity index (χ2v) is 5.99. The van der Waals surface area contributed by atoms with Crippen LogP contribution < -0.4 is 15.0 Å². The van der Waals surface area contributed by atoms with Gasteiger partial charge in [0.2, 0.25) is 5.56 Å². The lowest BCUT2D eigenvalue weighted by molar-refractivity contribution is 0.395. The van der Waals surface area contributed by atoms with E-state index >= 15 is 0 Å². The van der Waals surface area contributed by atoms with Gasteiger partial charge < -0.3 is 14.5 Å². The lowest BCUT2D eigenvalue weighted by atomic mass is 10.1. The number of aromatic nitrogens is 3. The summed E-state index contributed by atoms with van der Waals surface area (Å²) in [6.07, 6.45) is 1.86. The molecule has 1 N–H and O–H groups in total. The van der Waals surface area contributed by atoms with Crippen LogP contribution in [0.25, 0.3) is 22.3 Å². The number of nitrogens with zero attached hydrogens (tertiary/aromatic N) is 2. The number of nitrogens with one attached hydrogen (secondary N) is 1. The van der Waals surface area contributed by atoms with Crippen LogP contribution in [-0.4, -0.2) is 35.4 Å². The van der Waals surface area contributed by atoms with Crippen LogP contribution in [0.15, 0.2) is 34.2 Å². The van der Waals surface area contributed by atoms with Gasteiger partial charge in [-0.1, -0.05) is 23.4 Å². The Bertz CT molecular complexity index is 975. The minimum Gasteiger partial charge on any atom is -0.497 e. The molecule has 3 aromatic rings. The number of H-pyrrole nitrogens is 1. The summed E-state index contributed by atoms with van der Waals surface area (Å²) in [6.45, 7) is 0. The minimum absolute atomic E-state index is 0.228. The highest BCUT2D eigenvalue weighted by molar-refractivity contribution is 7.98. The zero-order valence-electron chi connectivity index (χ0n) is 13.2. The summed E-state index contributed by atoms with van der Waals surface area (Å²) in [5, 5.41) is 1.62. The number of methoxy groups -OCH3 is 2. The smallest absolute Gasteiger partial charge is 0.249 e. The van der Waals surface area contributed by atoms with E-state index in [-0.39, 0.29) is 5.56 Å². The van der Waals surface area contributed by atoms with Crippen LogP contribution in [0.1, 0.15) is 0 Å². The Morgan fingerprint density at radius 1 is 1.17 bits per heavy atom. The lowest BCUT2D eigenvalue weighted by Gasteiger charge is -2.13. The van der Waals surface area contributed by atoms with Crippen LogP contribution in [0.5, 0.6) is 11.5 Å². The number of fused-ring (bicyclic) bond motifs is 1. The van der Waals surface area contributed by atoms with E-state index in [4.69, 9.17) is 21.1 Å². The third kappa shape index (κ3) is 2.92. The van der Waals surface area contributed by atoms with E-state index in [2.05, 4.69) is 15.0 Å². The van der Waals surface area contributed by atoms with E-state index < -0.39 is 0 Å². The fourth-order valence-electron chi connectivity index (χ4n) is 2.33. The van der Waals surface area contributed by atoms with Gasteiger partial charge in [-0.3, -0.25) is 4.79 Å². The first kappa shape index (κ1) is 16.6. The maximum Gasteiger partial charge on any atom is 0.249 e. The van der Waals surface area contributed by atoms with Crippen LogP contribution >= 0.6 is 23.4 Å². The van der Waals surface area contributed by atoms with Crippen LogP contribution in [-0.2, 0) is 0 Å². The summed E-state index contributed by atoms with van der Waals surface area (Å²) in [5.74, 6) is 1.07. The molecule has 0 spiro atoms. The summed E-state index contributed by atoms with van der Waals surface area (Å²) in [7, 11) is 3.10. The van der Waals surface area contributed by atoms with Crippen molar-refractivity contribution in [2.75, 3.05) is 20.5 Å². The van der Waals surface area contributed by atoms with Gasteiger partial charge in [0.25, 0.3) is 0 Å². The summed E-state index contributed by atoms with van der Waals surface area (Å²) in [4.78, 5) is 23.2. The Balaban J connectivity index is 2.39. The second kappa shape index (κ2) is 6.70. The maximum absolute atomic E-state index is 11.6. The van der Waals surface area contributed by atoms with Crippen LogP contribution in [0.4, 0.5) is 0 Å². The average Bonchev–Trinajstić information content (AvgIpc) is 2.60. The number of benzene rings is 1. The molecule has 0 amide bonds. The summed E-state index contributed by atoms with van der Waals surface area (Å²) in [6, 6.07) is 6.59. The average molecular weight is 364 g/mol. The van der Waals surface area contributed by atoms with Crippen molar-refractivity contribution in [2.45, 2.75) is 5.16 Å². The van der Waals surface area contributed by atoms with E-state index in [0.29, 0.717) is 44.0 Å². The fourth-order valence-corrected chi connectivity index (χ4v) is 2.97. The van der Waals surface area contributed by atoms with Gasteiger partial charge in [0, 0.05) is 23.1 Å². The van der Waals surface area contributed by atoms with Gasteiger partial charge in [-0.05, 0) is 18.4 Å². The predicted molar refractivity (Wildman–Crippen MR) is 95.5 cm³/mol. The number of rotatable bonds is 4. The third-order valence-corrected chi connectivity index (χ3v) is 4.41. The Labute approximate surface area is 147 Å². The molecule has 0 aliphatic heterocycles. The van der Waals surface area contributed by atoms with Crippen molar-refractivity contribution in [3.63, 3.8) is 0 Å². The van der Waals surface area contributed by atoms with Gasteiger partial charge in [0.15, 0.2) is 5.16 Å². The normalized spacial score (nSPS) is 10.8. The Morgan fingerprint density at radius 3 is 2.62 bits per heavy atom. The first-order chi connectivity index (χ1) is 11.6. The molecule has 24 heavy (non-hydrogen) atoms. The summed E-state index contributed by atoms with van der Waals surface area (Å²) >= 11 is 7.85. The van der Waals surface area contributed by atoms with Crippen molar-refractivity contribution in [1.29, 1.82) is 0 Å². The van der Waals surface area contributed by atoms with Crippen molar-refractivity contribution in [1.82, 2.24) is 15.0 Å². The van der Waals surface area contributed by atoms with Gasteiger partial charge in [0.1, 0.15) is 17.1 Å². The zero-order valence-corrected chi connectivity index (χ0v) is 14.8. The number of halogens is 1. The van der Waals surface area contributed by atoms with Crippen molar-refractivity contribution in [2.24, 2.45) is 0 Å². The first-order valence-corrected chi connectivity index (χ1v) is 8.54. The number of pyridine rings is 1. The van der Waals surface area contributed by atoms with E-state index in [0.717, 1.165) is 0 Å². The zero-order chi connectivity index (χ0) is 17.3. The monoisotopic (exact) mass is 363 g/mol. The van der Waals surface area contributed by atoms with E-state index in [1.165, 1.54) is 24.9 Å². The van der Waals surface area contributed by atoms with Crippen molar-refractivity contribution in [3.05, 3.63) is 39.6 Å². The largest absolute Gasteiger partial charge is 0.497 e. The molecule has 8 heteroatoms. The fraction of sp³-hybridized carbons (Fsp3) is 0.188. The molecule has 0 aliphatic carbocycles. The quantitative estimate of drug-likeness (QED) is 0.565. The van der Waals surface area contributed by atoms with Gasteiger partial charge >= 0.3 is 0 Å². The molecule has 0 aliphatic rings. The molecule has 2 aromatic heterocycles. The third-order valence-electron chi connectivity index (χ3n) is 3.47. The van der Waals surface area contributed by atoms with Gasteiger partial charge in [0.05, 0.1) is 24.9 Å². The molecule has 0 atom stereocenters. The molecule has 0 saturated carbocycles. The summed E-state index contributed by atoms with van der Waals surface area (Å²) in [5.41, 5.74) is 1.47. The highest BCUT2D eigenvalue weighted by Crippen LogP contribution is 2.40. The van der Waals surface area contributed by atoms with E-state index in [1.54, 1.807) is 25.3 Å². The van der Waals surface area contributed by atoms with Crippen molar-refractivity contribution < 1.29 is 9.47 Å². The van der Waals surface area contributed by atoms with Gasteiger partial charge in [-0.25, -0.2) is 9.97 Å². The topological polar surface area (TPSA) is 77.1 Å². The van der Waals surface area contributed by atoms with Crippen LogP contribution in [0, 0.1) is 0 Å². The number of hydrogen-bond donors (Lipinski definition) is 1. The number of thioether (sulfide) groups is 1. The van der Waals surface area contributed by atoms with Crippen LogP contribution in [0.2, 0.25) is 5.02 Å². The van der Waals surface area contributed by atoms with Crippen molar-refractivity contribution in [3.8, 4) is 22.8 Å². The van der Waals surface area contributed by atoms with Crippen molar-refractivity contribution >= 4 is 34.4 Å². The standard InChI is InChI=1S/C16H14ClN3O3S/c1-22-8-6-10(13(17)11(7-8)23-2)14-9-4-5-12(21)18-15(9)20-16(19-14)24-3/h4-7H,1-3H3,(H,18,19,20,21). The molecule has 0 bridgehead atoms. The van der Waals surface area contributed by atoms with E-state index in [1.807, 2.05) is 6.26 Å². The van der Waals surface area contributed by atoms with Gasteiger partial charge in [-0.2, -0.15) is 0 Å². The maximum atomic E-state index is 11.6. The molecular formula is C16H14ClN3O3S. The molecule has 0 radical (unpaired) electrons. The number of ether oxygens (including phenoxy) is 2. The predicted octanol–water partition coefficient (Wildman–Crippen LogP) is 3.38. The van der Waals surface area contributed by atoms with E-state index in [9.17, 15) is 4.79 Å². The Kier molecular flexibility index (Phi) is 4.64.